The normalized spacial score (nSPS) is 17.4. The van der Waals surface area contributed by atoms with Gasteiger partial charge in [0.25, 0.3) is 0 Å². The van der Waals surface area contributed by atoms with Gasteiger partial charge in [-0.3, -0.25) is 4.99 Å². The van der Waals surface area contributed by atoms with E-state index < -0.39 is 0 Å². The van der Waals surface area contributed by atoms with E-state index in [1.165, 1.54) is 0 Å². The van der Waals surface area contributed by atoms with Gasteiger partial charge >= 0.3 is 0 Å². The van der Waals surface area contributed by atoms with Crippen LogP contribution in [0.15, 0.2) is 33.7 Å². The smallest absolute Gasteiger partial charge is 0.115 e. The molecule has 3 nitrogen and oxygen atoms in total. The van der Waals surface area contributed by atoms with Gasteiger partial charge in [-0.25, -0.2) is 0 Å². The fraction of sp³-hybridized carbons (Fsp3) is 0.429. The van der Waals surface area contributed by atoms with Crippen LogP contribution in [-0.2, 0) is 11.3 Å². The van der Waals surface area contributed by atoms with Crippen molar-refractivity contribution < 1.29 is 4.74 Å². The first-order valence-electron chi connectivity index (χ1n) is 6.06. The Bertz CT molecular complexity index is 456. The van der Waals surface area contributed by atoms with Crippen molar-refractivity contribution in [1.82, 2.24) is 0 Å². The van der Waals surface area contributed by atoms with Crippen molar-refractivity contribution >= 4 is 21.6 Å². The number of halogens is 1. The fourth-order valence-electron chi connectivity index (χ4n) is 1.99. The van der Waals surface area contributed by atoms with E-state index in [4.69, 9.17) is 4.74 Å². The molecule has 1 saturated heterocycles. The Morgan fingerprint density at radius 1 is 1.33 bits per heavy atom. The number of nitriles is 1. The Morgan fingerprint density at radius 2 is 2.00 bits per heavy atom. The summed E-state index contributed by atoms with van der Waals surface area (Å²) in [5, 5.41) is 9.17. The van der Waals surface area contributed by atoms with Gasteiger partial charge in [-0.15, -0.1) is 0 Å². The van der Waals surface area contributed by atoms with Crippen LogP contribution < -0.4 is 0 Å². The Morgan fingerprint density at radius 3 is 2.61 bits per heavy atom. The van der Waals surface area contributed by atoms with Crippen molar-refractivity contribution in [1.29, 1.82) is 5.26 Å². The zero-order chi connectivity index (χ0) is 12.8. The molecule has 0 aliphatic carbocycles. The molecule has 1 aromatic carbocycles. The Kier molecular flexibility index (Phi) is 4.91. The van der Waals surface area contributed by atoms with Gasteiger partial charge in [0.05, 0.1) is 6.54 Å². The summed E-state index contributed by atoms with van der Waals surface area (Å²) in [4.78, 5) is 4.45. The zero-order valence-corrected chi connectivity index (χ0v) is 11.7. The van der Waals surface area contributed by atoms with Crippen LogP contribution >= 0.6 is 15.9 Å². The molecule has 2 rings (SSSR count). The quantitative estimate of drug-likeness (QED) is 0.804. The van der Waals surface area contributed by atoms with E-state index in [1.807, 2.05) is 24.3 Å². The van der Waals surface area contributed by atoms with Gasteiger partial charge in [0.15, 0.2) is 0 Å². The van der Waals surface area contributed by atoms with Gasteiger partial charge in [0, 0.05) is 23.6 Å². The molecule has 0 saturated carbocycles. The van der Waals surface area contributed by atoms with E-state index in [0.717, 1.165) is 36.1 Å². The molecule has 0 bridgehead atoms. The molecule has 1 aliphatic heterocycles. The molecule has 0 amide bonds. The molecule has 1 heterocycles. The van der Waals surface area contributed by atoms with Crippen LogP contribution in [0.1, 0.15) is 18.4 Å². The summed E-state index contributed by atoms with van der Waals surface area (Å²) in [5.41, 5.74) is 1.79. The molecule has 1 aromatic rings. The number of benzene rings is 1. The van der Waals surface area contributed by atoms with Gasteiger partial charge in [-0.1, -0.05) is 28.1 Å². The number of hydrogen-bond donors (Lipinski definition) is 0. The van der Waals surface area contributed by atoms with E-state index in [0.29, 0.717) is 12.3 Å². The van der Waals surface area contributed by atoms with Crippen molar-refractivity contribution in [3.05, 3.63) is 34.3 Å². The minimum atomic E-state index is 0.277. The molecule has 1 fully saturated rings. The molecule has 0 N–H and O–H groups in total. The first-order chi connectivity index (χ1) is 8.79. The number of aliphatic imine (C=N–C) groups is 1. The molecule has 0 spiro atoms. The molecule has 1 aliphatic rings. The average Bonchev–Trinajstić information content (AvgIpc) is 2.43. The number of rotatable bonds is 3. The number of nitrogens with zero attached hydrogens (tertiary/aromatic N) is 2. The summed E-state index contributed by atoms with van der Waals surface area (Å²) < 4.78 is 6.36. The first kappa shape index (κ1) is 13.3. The van der Waals surface area contributed by atoms with Crippen LogP contribution in [0.25, 0.3) is 0 Å². The maximum Gasteiger partial charge on any atom is 0.115 e. The highest BCUT2D eigenvalue weighted by Gasteiger charge is 2.19. The van der Waals surface area contributed by atoms with Crippen LogP contribution in [0.3, 0.4) is 0 Å². The van der Waals surface area contributed by atoms with Crippen molar-refractivity contribution in [2.75, 3.05) is 13.2 Å². The van der Waals surface area contributed by atoms with Gasteiger partial charge in [-0.2, -0.15) is 5.26 Å². The zero-order valence-electron chi connectivity index (χ0n) is 10.1. The molecule has 0 atom stereocenters. The second kappa shape index (κ2) is 6.67. The van der Waals surface area contributed by atoms with Crippen molar-refractivity contribution in [3.63, 3.8) is 0 Å². The summed E-state index contributed by atoms with van der Waals surface area (Å²) in [6.07, 6.45) is 1.82. The summed E-state index contributed by atoms with van der Waals surface area (Å²) in [5.74, 6) is 0.277. The van der Waals surface area contributed by atoms with Gasteiger partial charge in [0.1, 0.15) is 11.8 Å². The van der Waals surface area contributed by atoms with Crippen LogP contribution in [0.5, 0.6) is 0 Å². The van der Waals surface area contributed by atoms with Crippen LogP contribution in [0, 0.1) is 17.2 Å². The lowest BCUT2D eigenvalue weighted by Crippen LogP contribution is -2.22. The minimum absolute atomic E-state index is 0.277. The molecule has 18 heavy (non-hydrogen) atoms. The molecular formula is C14H15BrN2O. The predicted octanol–water partition coefficient (Wildman–Crippen LogP) is 3.34. The summed E-state index contributed by atoms with van der Waals surface area (Å²) in [6.45, 7) is 2.06. The summed E-state index contributed by atoms with van der Waals surface area (Å²) >= 11 is 3.40. The third-order valence-corrected chi connectivity index (χ3v) is 3.60. The summed E-state index contributed by atoms with van der Waals surface area (Å²) in [6, 6.07) is 10.3. The highest BCUT2D eigenvalue weighted by Crippen LogP contribution is 2.17. The van der Waals surface area contributed by atoms with Crippen molar-refractivity contribution in [3.8, 4) is 6.07 Å². The van der Waals surface area contributed by atoms with Crippen molar-refractivity contribution in [2.45, 2.75) is 19.4 Å². The molecule has 94 valence electrons. The average molecular weight is 307 g/mol. The maximum atomic E-state index is 9.17. The Hall–Kier alpha value is -1.18. The van der Waals surface area contributed by atoms with E-state index in [1.54, 1.807) is 0 Å². The minimum Gasteiger partial charge on any atom is -0.381 e. The maximum absolute atomic E-state index is 9.17. The first-order valence-corrected chi connectivity index (χ1v) is 6.85. The fourth-order valence-corrected chi connectivity index (χ4v) is 2.26. The molecular weight excluding hydrogens is 292 g/mol. The SMILES string of the molecule is N#CC(=NCc1ccc(Br)cc1)C1CCOCC1. The van der Waals surface area contributed by atoms with Crippen LogP contribution in [0.4, 0.5) is 0 Å². The predicted molar refractivity (Wildman–Crippen MR) is 74.4 cm³/mol. The van der Waals surface area contributed by atoms with Gasteiger partial charge in [0.2, 0.25) is 0 Å². The highest BCUT2D eigenvalue weighted by atomic mass is 79.9. The Balaban J connectivity index is 2.01. The van der Waals surface area contributed by atoms with Gasteiger partial charge in [-0.05, 0) is 30.5 Å². The third-order valence-electron chi connectivity index (χ3n) is 3.07. The second-order valence-electron chi connectivity index (χ2n) is 4.33. The Labute approximate surface area is 116 Å². The number of ether oxygens (including phenoxy) is 1. The van der Waals surface area contributed by atoms with Crippen molar-refractivity contribution in [2.24, 2.45) is 10.9 Å². The number of hydrogen-bond acceptors (Lipinski definition) is 3. The lowest BCUT2D eigenvalue weighted by atomic mass is 9.95. The highest BCUT2D eigenvalue weighted by molar-refractivity contribution is 9.10. The largest absolute Gasteiger partial charge is 0.381 e. The topological polar surface area (TPSA) is 45.4 Å². The molecule has 0 radical (unpaired) electrons. The molecule has 0 aromatic heterocycles. The third kappa shape index (κ3) is 3.66. The van der Waals surface area contributed by atoms with Gasteiger partial charge < -0.3 is 4.74 Å². The van der Waals surface area contributed by atoms with E-state index in [2.05, 4.69) is 27.0 Å². The summed E-state index contributed by atoms with van der Waals surface area (Å²) in [7, 11) is 0. The second-order valence-corrected chi connectivity index (χ2v) is 5.24. The van der Waals surface area contributed by atoms with E-state index in [9.17, 15) is 5.26 Å². The lowest BCUT2D eigenvalue weighted by Gasteiger charge is -2.20. The molecule has 0 unspecified atom stereocenters. The standard InChI is InChI=1S/C14H15BrN2O/c15-13-3-1-11(2-4-13)10-17-14(9-16)12-5-7-18-8-6-12/h1-4,12H,5-8,10H2. The monoisotopic (exact) mass is 306 g/mol. The van der Waals surface area contributed by atoms with Crippen LogP contribution in [-0.4, -0.2) is 18.9 Å². The van der Waals surface area contributed by atoms with E-state index in [-0.39, 0.29) is 5.92 Å². The van der Waals surface area contributed by atoms with Crippen LogP contribution in [0.2, 0.25) is 0 Å². The molecule has 4 heteroatoms. The lowest BCUT2D eigenvalue weighted by molar-refractivity contribution is 0.0830. The van der Waals surface area contributed by atoms with E-state index >= 15 is 0 Å².